The first-order chi connectivity index (χ1) is 10.2. The highest BCUT2D eigenvalue weighted by Gasteiger charge is 2.18. The summed E-state index contributed by atoms with van der Waals surface area (Å²) < 4.78 is 5.65. The molecule has 1 aliphatic rings. The zero-order valence-corrected chi connectivity index (χ0v) is 12.8. The van der Waals surface area contributed by atoms with Crippen LogP contribution in [0.3, 0.4) is 0 Å². The van der Waals surface area contributed by atoms with E-state index in [1.54, 1.807) is 11.3 Å². The third-order valence-electron chi connectivity index (χ3n) is 3.65. The highest BCUT2D eigenvalue weighted by atomic mass is 32.1. The highest BCUT2D eigenvalue weighted by molar-refractivity contribution is 7.08. The van der Waals surface area contributed by atoms with E-state index in [4.69, 9.17) is 4.42 Å². The first kappa shape index (κ1) is 14.3. The number of aromatic nitrogens is 1. The Kier molecular flexibility index (Phi) is 4.36. The minimum Gasteiger partial charge on any atom is -0.441 e. The molecule has 3 rings (SSSR count). The minimum atomic E-state index is 0.0111. The van der Waals surface area contributed by atoms with Crippen molar-refractivity contribution in [2.24, 2.45) is 0 Å². The molecule has 2 aromatic rings. The van der Waals surface area contributed by atoms with Gasteiger partial charge in [0.05, 0.1) is 12.1 Å². The van der Waals surface area contributed by atoms with E-state index in [0.29, 0.717) is 11.7 Å². The molecule has 0 spiro atoms. The first-order valence-electron chi connectivity index (χ1n) is 7.21. The Bertz CT molecular complexity index is 600. The maximum absolute atomic E-state index is 12.1. The summed E-state index contributed by atoms with van der Waals surface area (Å²) in [5, 5.41) is 10.3. The minimum absolute atomic E-state index is 0.0111. The number of piperidine rings is 1. The molecule has 21 heavy (non-hydrogen) atoms. The van der Waals surface area contributed by atoms with E-state index < -0.39 is 0 Å². The second-order valence-electron chi connectivity index (χ2n) is 5.32. The fourth-order valence-corrected chi connectivity index (χ4v) is 3.14. The van der Waals surface area contributed by atoms with Crippen molar-refractivity contribution < 1.29 is 9.21 Å². The predicted octanol–water partition coefficient (Wildman–Crippen LogP) is 2.12. The molecule has 1 amide bonds. The SMILES string of the molecule is Cc1oc(-c2ccsc2)nc1CC(=O)NC1CCCNC1. The van der Waals surface area contributed by atoms with E-state index in [9.17, 15) is 4.79 Å². The van der Waals surface area contributed by atoms with Crippen LogP contribution < -0.4 is 10.6 Å². The van der Waals surface area contributed by atoms with Crippen molar-refractivity contribution in [1.29, 1.82) is 0 Å². The molecule has 0 radical (unpaired) electrons. The fraction of sp³-hybridized carbons (Fsp3) is 0.467. The molecule has 2 N–H and O–H groups in total. The molecule has 0 bridgehead atoms. The van der Waals surface area contributed by atoms with Crippen LogP contribution in [0.15, 0.2) is 21.2 Å². The average molecular weight is 305 g/mol. The van der Waals surface area contributed by atoms with Gasteiger partial charge < -0.3 is 15.1 Å². The van der Waals surface area contributed by atoms with Gasteiger partial charge in [0.2, 0.25) is 11.8 Å². The van der Waals surface area contributed by atoms with E-state index in [0.717, 1.165) is 37.2 Å². The molecular formula is C15H19N3O2S. The fourth-order valence-electron chi connectivity index (χ4n) is 2.51. The molecule has 1 fully saturated rings. The summed E-state index contributed by atoms with van der Waals surface area (Å²) in [5.41, 5.74) is 1.68. The van der Waals surface area contributed by atoms with Gasteiger partial charge in [-0.15, -0.1) is 0 Å². The van der Waals surface area contributed by atoms with Crippen molar-refractivity contribution in [2.45, 2.75) is 32.2 Å². The number of carbonyl (C=O) groups excluding carboxylic acids is 1. The predicted molar refractivity (Wildman–Crippen MR) is 82.3 cm³/mol. The van der Waals surface area contributed by atoms with Crippen LogP contribution in [-0.2, 0) is 11.2 Å². The number of carbonyl (C=O) groups is 1. The van der Waals surface area contributed by atoms with Crippen molar-refractivity contribution in [3.8, 4) is 11.5 Å². The van der Waals surface area contributed by atoms with Gasteiger partial charge >= 0.3 is 0 Å². The number of nitrogens with zero attached hydrogens (tertiary/aromatic N) is 1. The number of nitrogens with one attached hydrogen (secondary N) is 2. The lowest BCUT2D eigenvalue weighted by Crippen LogP contribution is -2.46. The summed E-state index contributed by atoms with van der Waals surface area (Å²) in [4.78, 5) is 16.6. The zero-order valence-electron chi connectivity index (χ0n) is 12.0. The molecule has 1 unspecified atom stereocenters. The quantitative estimate of drug-likeness (QED) is 0.908. The molecule has 0 aliphatic carbocycles. The van der Waals surface area contributed by atoms with Crippen LogP contribution in [0, 0.1) is 6.92 Å². The number of hydrogen-bond acceptors (Lipinski definition) is 5. The number of amides is 1. The van der Waals surface area contributed by atoms with E-state index in [-0.39, 0.29) is 18.4 Å². The van der Waals surface area contributed by atoms with Crippen LogP contribution in [0.4, 0.5) is 0 Å². The standard InChI is InChI=1S/C15H19N3O2S/c1-10-13(18-15(20-10)11-4-6-21-9-11)7-14(19)17-12-3-2-5-16-8-12/h4,6,9,12,16H,2-3,5,7-8H2,1H3,(H,17,19). The van der Waals surface area contributed by atoms with Gasteiger partial charge in [-0.1, -0.05) is 0 Å². The molecule has 5 nitrogen and oxygen atoms in total. The highest BCUT2D eigenvalue weighted by Crippen LogP contribution is 2.24. The number of aryl methyl sites for hydroxylation is 1. The van der Waals surface area contributed by atoms with Crippen LogP contribution in [-0.4, -0.2) is 30.0 Å². The monoisotopic (exact) mass is 305 g/mol. The largest absolute Gasteiger partial charge is 0.441 e. The summed E-state index contributed by atoms with van der Waals surface area (Å²) in [6.45, 7) is 3.75. The van der Waals surface area contributed by atoms with Crippen molar-refractivity contribution in [2.75, 3.05) is 13.1 Å². The van der Waals surface area contributed by atoms with Crippen LogP contribution >= 0.6 is 11.3 Å². The molecular weight excluding hydrogens is 286 g/mol. The summed E-state index contributed by atoms with van der Waals surface area (Å²) in [6.07, 6.45) is 2.42. The van der Waals surface area contributed by atoms with Gasteiger partial charge in [-0.3, -0.25) is 4.79 Å². The van der Waals surface area contributed by atoms with Gasteiger partial charge in [0.15, 0.2) is 0 Å². The number of thiophene rings is 1. The molecule has 1 atom stereocenters. The molecule has 112 valence electrons. The number of rotatable bonds is 4. The van der Waals surface area contributed by atoms with E-state index in [1.165, 1.54) is 0 Å². The first-order valence-corrected chi connectivity index (χ1v) is 8.15. The third kappa shape index (κ3) is 3.51. The second-order valence-corrected chi connectivity index (χ2v) is 6.10. The van der Waals surface area contributed by atoms with Gasteiger partial charge in [0, 0.05) is 23.5 Å². The lowest BCUT2D eigenvalue weighted by Gasteiger charge is -2.23. The van der Waals surface area contributed by atoms with Gasteiger partial charge in [-0.2, -0.15) is 11.3 Å². The lowest BCUT2D eigenvalue weighted by atomic mass is 10.1. The Morgan fingerprint density at radius 1 is 1.62 bits per heavy atom. The molecule has 1 aliphatic heterocycles. The molecule has 0 saturated carbocycles. The van der Waals surface area contributed by atoms with Crippen molar-refractivity contribution in [3.05, 3.63) is 28.3 Å². The summed E-state index contributed by atoms with van der Waals surface area (Å²) >= 11 is 1.60. The molecule has 0 aromatic carbocycles. The van der Waals surface area contributed by atoms with Gasteiger partial charge in [0.1, 0.15) is 5.76 Å². The Morgan fingerprint density at radius 3 is 3.24 bits per heavy atom. The molecule has 1 saturated heterocycles. The van der Waals surface area contributed by atoms with E-state index in [2.05, 4.69) is 15.6 Å². The van der Waals surface area contributed by atoms with Gasteiger partial charge in [0.25, 0.3) is 0 Å². The van der Waals surface area contributed by atoms with E-state index in [1.807, 2.05) is 23.8 Å². The Labute approximate surface area is 127 Å². The zero-order chi connectivity index (χ0) is 14.7. The number of oxazole rings is 1. The van der Waals surface area contributed by atoms with Crippen LogP contribution in [0.5, 0.6) is 0 Å². The topological polar surface area (TPSA) is 67.2 Å². The normalized spacial score (nSPS) is 18.6. The Morgan fingerprint density at radius 2 is 2.52 bits per heavy atom. The third-order valence-corrected chi connectivity index (χ3v) is 4.33. The Balaban J connectivity index is 1.63. The molecule has 6 heteroatoms. The molecule has 3 heterocycles. The van der Waals surface area contributed by atoms with Gasteiger partial charge in [-0.25, -0.2) is 4.98 Å². The van der Waals surface area contributed by atoms with Crippen molar-refractivity contribution >= 4 is 17.2 Å². The van der Waals surface area contributed by atoms with Crippen LogP contribution in [0.1, 0.15) is 24.3 Å². The summed E-state index contributed by atoms with van der Waals surface area (Å²) in [5.74, 6) is 1.32. The van der Waals surface area contributed by atoms with Crippen LogP contribution in [0.2, 0.25) is 0 Å². The average Bonchev–Trinajstić information content (AvgIpc) is 3.10. The smallest absolute Gasteiger partial charge is 0.227 e. The van der Waals surface area contributed by atoms with Crippen molar-refractivity contribution in [3.63, 3.8) is 0 Å². The Hall–Kier alpha value is -1.66. The molecule has 2 aromatic heterocycles. The lowest BCUT2D eigenvalue weighted by molar-refractivity contribution is -0.121. The van der Waals surface area contributed by atoms with Crippen molar-refractivity contribution in [1.82, 2.24) is 15.6 Å². The summed E-state index contributed by atoms with van der Waals surface area (Å²) in [6, 6.07) is 2.20. The maximum Gasteiger partial charge on any atom is 0.227 e. The van der Waals surface area contributed by atoms with Crippen LogP contribution in [0.25, 0.3) is 11.5 Å². The summed E-state index contributed by atoms with van der Waals surface area (Å²) in [7, 11) is 0. The van der Waals surface area contributed by atoms with E-state index >= 15 is 0 Å². The van der Waals surface area contributed by atoms with Gasteiger partial charge in [-0.05, 0) is 37.8 Å². The maximum atomic E-state index is 12.1. The second kappa shape index (κ2) is 6.41. The number of hydrogen-bond donors (Lipinski definition) is 2.